The maximum absolute atomic E-state index is 12.5. The van der Waals surface area contributed by atoms with Crippen LogP contribution in [0.2, 0.25) is 5.02 Å². The Kier molecular flexibility index (Phi) is 9.11. The van der Waals surface area contributed by atoms with E-state index >= 15 is 0 Å². The number of halogens is 4. The summed E-state index contributed by atoms with van der Waals surface area (Å²) < 4.78 is 41.6. The molecule has 0 saturated heterocycles. The number of rotatable bonds is 10. The number of carboxylic acids is 1. The molecule has 0 unspecified atom stereocenters. The Balaban J connectivity index is 1.55. The third kappa shape index (κ3) is 8.10. The molecule has 0 radical (unpaired) electrons. The standard InChI is InChI=1S/C31H25ClF3NO4/c32-26-3-1-2-24(19-26)28-15-12-23(21-10-13-27(14-11-21)40-31(33,34)35)18-25(28)9-6-20-4-7-22(8-5-20)30(39)36-17-16-29(37)38/h1-5,7-8,10-15,18-19H,6,9,16-17H2,(H,36,39)(H,37,38). The molecule has 206 valence electrons. The number of benzene rings is 4. The van der Waals surface area contributed by atoms with Gasteiger partial charge in [0.25, 0.3) is 5.91 Å². The summed E-state index contributed by atoms with van der Waals surface area (Å²) in [7, 11) is 0. The topological polar surface area (TPSA) is 75.6 Å². The van der Waals surface area contributed by atoms with Crippen LogP contribution >= 0.6 is 11.6 Å². The first-order chi connectivity index (χ1) is 19.1. The minimum absolute atomic E-state index is 0.0522. The van der Waals surface area contributed by atoms with Crippen LogP contribution < -0.4 is 10.1 Å². The van der Waals surface area contributed by atoms with Crippen LogP contribution in [0.15, 0.2) is 91.0 Å². The van der Waals surface area contributed by atoms with Gasteiger partial charge in [0.05, 0.1) is 6.42 Å². The van der Waals surface area contributed by atoms with Crippen LogP contribution in [0.3, 0.4) is 0 Å². The zero-order chi connectivity index (χ0) is 28.7. The quantitative estimate of drug-likeness (QED) is 0.207. The van der Waals surface area contributed by atoms with Crippen molar-refractivity contribution in [3.8, 4) is 28.0 Å². The van der Waals surface area contributed by atoms with E-state index in [-0.39, 0.29) is 24.6 Å². The smallest absolute Gasteiger partial charge is 0.481 e. The summed E-state index contributed by atoms with van der Waals surface area (Å²) >= 11 is 6.24. The number of carboxylic acid groups (broad SMARTS) is 1. The maximum atomic E-state index is 12.5. The third-order valence-corrected chi connectivity index (χ3v) is 6.42. The first kappa shape index (κ1) is 28.7. The number of carbonyl (C=O) groups is 2. The normalized spacial score (nSPS) is 11.2. The number of hydrogen-bond donors (Lipinski definition) is 2. The number of nitrogens with one attached hydrogen (secondary N) is 1. The van der Waals surface area contributed by atoms with Gasteiger partial charge in [0.15, 0.2) is 0 Å². The Morgan fingerprint density at radius 3 is 2.17 bits per heavy atom. The van der Waals surface area contributed by atoms with E-state index in [2.05, 4.69) is 10.1 Å². The summed E-state index contributed by atoms with van der Waals surface area (Å²) in [6, 6.07) is 26.2. The van der Waals surface area contributed by atoms with E-state index in [1.165, 1.54) is 12.1 Å². The molecule has 0 aliphatic rings. The SMILES string of the molecule is O=C(O)CCNC(=O)c1ccc(CCc2cc(-c3ccc(OC(F)(F)F)cc3)ccc2-c2cccc(Cl)c2)cc1. The van der Waals surface area contributed by atoms with Crippen LogP contribution in [-0.2, 0) is 17.6 Å². The molecule has 40 heavy (non-hydrogen) atoms. The molecule has 2 N–H and O–H groups in total. The maximum Gasteiger partial charge on any atom is 0.573 e. The summed E-state index contributed by atoms with van der Waals surface area (Å²) in [6.45, 7) is 0.0522. The number of carbonyl (C=O) groups excluding carboxylic acids is 1. The second-order valence-corrected chi connectivity index (χ2v) is 9.49. The first-order valence-electron chi connectivity index (χ1n) is 12.4. The molecule has 0 aliphatic carbocycles. The fourth-order valence-electron chi connectivity index (χ4n) is 4.25. The van der Waals surface area contributed by atoms with Crippen molar-refractivity contribution in [1.29, 1.82) is 0 Å². The lowest BCUT2D eigenvalue weighted by atomic mass is 9.91. The molecule has 0 saturated carbocycles. The minimum atomic E-state index is -4.75. The lowest BCUT2D eigenvalue weighted by molar-refractivity contribution is -0.274. The summed E-state index contributed by atoms with van der Waals surface area (Å²) in [5.41, 5.74) is 5.96. The highest BCUT2D eigenvalue weighted by molar-refractivity contribution is 6.30. The molecular formula is C31H25ClF3NO4. The Hall–Kier alpha value is -4.30. The molecule has 9 heteroatoms. The van der Waals surface area contributed by atoms with Gasteiger partial charge in [-0.05, 0) is 82.6 Å². The summed E-state index contributed by atoms with van der Waals surface area (Å²) in [5.74, 6) is -1.61. The number of hydrogen-bond acceptors (Lipinski definition) is 3. The van der Waals surface area contributed by atoms with Gasteiger partial charge < -0.3 is 15.2 Å². The largest absolute Gasteiger partial charge is 0.573 e. The van der Waals surface area contributed by atoms with E-state index in [4.69, 9.17) is 16.7 Å². The highest BCUT2D eigenvalue weighted by atomic mass is 35.5. The van der Waals surface area contributed by atoms with Crippen molar-refractivity contribution in [1.82, 2.24) is 5.32 Å². The molecule has 5 nitrogen and oxygen atoms in total. The zero-order valence-corrected chi connectivity index (χ0v) is 21.9. The molecule has 0 atom stereocenters. The van der Waals surface area contributed by atoms with Crippen molar-refractivity contribution < 1.29 is 32.6 Å². The number of aryl methyl sites for hydroxylation is 2. The second-order valence-electron chi connectivity index (χ2n) is 9.05. The van der Waals surface area contributed by atoms with E-state index in [0.717, 1.165) is 33.4 Å². The van der Waals surface area contributed by atoms with E-state index in [1.54, 1.807) is 30.3 Å². The highest BCUT2D eigenvalue weighted by Gasteiger charge is 2.31. The monoisotopic (exact) mass is 567 g/mol. The molecule has 0 aliphatic heterocycles. The van der Waals surface area contributed by atoms with Crippen molar-refractivity contribution in [3.63, 3.8) is 0 Å². The molecule has 1 amide bonds. The summed E-state index contributed by atoms with van der Waals surface area (Å²) in [5, 5.41) is 11.9. The van der Waals surface area contributed by atoms with Gasteiger partial charge in [0.1, 0.15) is 5.75 Å². The predicted molar refractivity (Wildman–Crippen MR) is 147 cm³/mol. The Morgan fingerprint density at radius 1 is 0.825 bits per heavy atom. The fourth-order valence-corrected chi connectivity index (χ4v) is 4.44. The van der Waals surface area contributed by atoms with Gasteiger partial charge in [0, 0.05) is 17.1 Å². The van der Waals surface area contributed by atoms with E-state index in [1.807, 2.05) is 48.5 Å². The van der Waals surface area contributed by atoms with E-state index in [0.29, 0.717) is 23.4 Å². The Labute approximate surface area is 234 Å². The summed E-state index contributed by atoms with van der Waals surface area (Å²) in [4.78, 5) is 22.9. The van der Waals surface area contributed by atoms with Crippen LogP contribution in [0.1, 0.15) is 27.9 Å². The molecule has 0 bridgehead atoms. The lowest BCUT2D eigenvalue weighted by Crippen LogP contribution is -2.25. The van der Waals surface area contributed by atoms with Crippen LogP contribution in [-0.4, -0.2) is 29.9 Å². The average molecular weight is 568 g/mol. The van der Waals surface area contributed by atoms with Gasteiger partial charge in [-0.1, -0.05) is 66.2 Å². The number of aliphatic carboxylic acids is 1. The lowest BCUT2D eigenvalue weighted by Gasteiger charge is -2.14. The van der Waals surface area contributed by atoms with Gasteiger partial charge in [0.2, 0.25) is 0 Å². The van der Waals surface area contributed by atoms with E-state index < -0.39 is 12.3 Å². The zero-order valence-electron chi connectivity index (χ0n) is 21.2. The molecule has 0 aromatic heterocycles. The van der Waals surface area contributed by atoms with Crippen LogP contribution in [0.25, 0.3) is 22.3 Å². The van der Waals surface area contributed by atoms with Gasteiger partial charge in [-0.3, -0.25) is 9.59 Å². The van der Waals surface area contributed by atoms with Gasteiger partial charge in [-0.2, -0.15) is 0 Å². The molecule has 0 heterocycles. The van der Waals surface area contributed by atoms with Crippen molar-refractivity contribution >= 4 is 23.5 Å². The van der Waals surface area contributed by atoms with Crippen molar-refractivity contribution in [3.05, 3.63) is 113 Å². The van der Waals surface area contributed by atoms with Crippen LogP contribution in [0, 0.1) is 0 Å². The van der Waals surface area contributed by atoms with Crippen LogP contribution in [0.5, 0.6) is 5.75 Å². The molecule has 4 aromatic carbocycles. The average Bonchev–Trinajstić information content (AvgIpc) is 2.91. The number of ether oxygens (including phenoxy) is 1. The molecule has 4 aromatic rings. The van der Waals surface area contributed by atoms with Crippen molar-refractivity contribution in [2.45, 2.75) is 25.6 Å². The minimum Gasteiger partial charge on any atom is -0.481 e. The van der Waals surface area contributed by atoms with Crippen molar-refractivity contribution in [2.75, 3.05) is 6.54 Å². The van der Waals surface area contributed by atoms with Crippen molar-refractivity contribution in [2.24, 2.45) is 0 Å². The van der Waals surface area contributed by atoms with Gasteiger partial charge in [-0.15, -0.1) is 13.2 Å². The first-order valence-corrected chi connectivity index (χ1v) is 12.8. The van der Waals surface area contributed by atoms with Gasteiger partial charge in [-0.25, -0.2) is 0 Å². The van der Waals surface area contributed by atoms with Gasteiger partial charge >= 0.3 is 12.3 Å². The molecule has 0 fully saturated rings. The number of amides is 1. The predicted octanol–water partition coefficient (Wildman–Crippen LogP) is 7.56. The summed E-state index contributed by atoms with van der Waals surface area (Å²) in [6.07, 6.45) is -3.59. The second kappa shape index (κ2) is 12.7. The van der Waals surface area contributed by atoms with E-state index in [9.17, 15) is 22.8 Å². The molecule has 0 spiro atoms. The van der Waals surface area contributed by atoms with Crippen LogP contribution in [0.4, 0.5) is 13.2 Å². The Bertz CT molecular complexity index is 1490. The highest BCUT2D eigenvalue weighted by Crippen LogP contribution is 2.32. The number of alkyl halides is 3. The fraction of sp³-hybridized carbons (Fsp3) is 0.161. The Morgan fingerprint density at radius 2 is 1.52 bits per heavy atom. The third-order valence-electron chi connectivity index (χ3n) is 6.19. The molecule has 4 rings (SSSR count). The molecular weight excluding hydrogens is 543 g/mol.